The molecule has 1 aromatic carbocycles. The highest BCUT2D eigenvalue weighted by molar-refractivity contribution is 7.18. The zero-order chi connectivity index (χ0) is 25.4. The van der Waals surface area contributed by atoms with Gasteiger partial charge < -0.3 is 16.0 Å². The average molecular weight is 499 g/mol. The molecule has 0 saturated heterocycles. The van der Waals surface area contributed by atoms with Crippen molar-refractivity contribution in [3.8, 4) is 0 Å². The number of fused-ring (bicyclic) bond motifs is 1. The minimum absolute atomic E-state index is 0.178. The Bertz CT molecular complexity index is 1040. The quantitative estimate of drug-likeness (QED) is 0.404. The van der Waals surface area contributed by atoms with E-state index in [9.17, 15) is 14.4 Å². The van der Waals surface area contributed by atoms with Crippen LogP contribution in [0.2, 0.25) is 0 Å². The Kier molecular flexibility index (Phi) is 9.83. The number of amides is 3. The van der Waals surface area contributed by atoms with Crippen LogP contribution < -0.4 is 16.0 Å². The fraction of sp³-hybridized carbons (Fsp3) is 0.556. The van der Waals surface area contributed by atoms with E-state index in [1.807, 2.05) is 6.07 Å². The number of thiazole rings is 1. The molecule has 0 bridgehead atoms. The van der Waals surface area contributed by atoms with Crippen molar-refractivity contribution < 1.29 is 14.4 Å². The Morgan fingerprint density at radius 1 is 1.17 bits per heavy atom. The molecule has 2 aromatic rings. The van der Waals surface area contributed by atoms with Crippen LogP contribution in [0.1, 0.15) is 75.8 Å². The predicted octanol–water partition coefficient (Wildman–Crippen LogP) is 4.22. The summed E-state index contributed by atoms with van der Waals surface area (Å²) in [5.41, 5.74) is 2.15. The summed E-state index contributed by atoms with van der Waals surface area (Å²) in [6.07, 6.45) is 7.31. The van der Waals surface area contributed by atoms with E-state index in [4.69, 9.17) is 4.98 Å². The van der Waals surface area contributed by atoms with Crippen LogP contribution in [0.5, 0.6) is 0 Å². The molecule has 1 aromatic heterocycles. The summed E-state index contributed by atoms with van der Waals surface area (Å²) < 4.78 is 1.08. The van der Waals surface area contributed by atoms with Gasteiger partial charge >= 0.3 is 0 Å². The highest BCUT2D eigenvalue weighted by Gasteiger charge is 2.29. The first-order chi connectivity index (χ1) is 16.8. The highest BCUT2D eigenvalue weighted by atomic mass is 32.1. The number of nitrogens with zero attached hydrogens (tertiary/aromatic N) is 1. The Labute approximate surface area is 212 Å². The van der Waals surface area contributed by atoms with Crippen molar-refractivity contribution in [3.63, 3.8) is 0 Å². The molecule has 1 aliphatic rings. The first kappa shape index (κ1) is 26.9. The van der Waals surface area contributed by atoms with E-state index >= 15 is 0 Å². The maximum atomic E-state index is 13.4. The largest absolute Gasteiger partial charge is 0.351 e. The first-order valence-corrected chi connectivity index (χ1v) is 13.5. The molecule has 190 valence electrons. The Hall–Kier alpha value is -2.74. The van der Waals surface area contributed by atoms with Gasteiger partial charge in [0.1, 0.15) is 6.04 Å². The molecule has 3 N–H and O–H groups in total. The monoisotopic (exact) mass is 498 g/mol. The van der Waals surface area contributed by atoms with E-state index in [-0.39, 0.29) is 29.7 Å². The number of aromatic nitrogens is 1. The van der Waals surface area contributed by atoms with Gasteiger partial charge in [-0.15, -0.1) is 11.3 Å². The molecule has 0 radical (unpaired) electrons. The second kappa shape index (κ2) is 12.8. The van der Waals surface area contributed by atoms with Gasteiger partial charge in [0.15, 0.2) is 0 Å². The summed E-state index contributed by atoms with van der Waals surface area (Å²) >= 11 is 1.56. The second-order valence-electron chi connectivity index (χ2n) is 9.63. The number of carbonyl (C=O) groups excluding carboxylic acids is 3. The topological polar surface area (TPSA) is 100 Å². The Morgan fingerprint density at radius 3 is 2.57 bits per heavy atom. The van der Waals surface area contributed by atoms with Crippen molar-refractivity contribution in [2.75, 3.05) is 6.54 Å². The molecule has 3 amide bonds. The molecule has 0 aliphatic heterocycles. The van der Waals surface area contributed by atoms with Crippen LogP contribution in [0, 0.1) is 5.92 Å². The van der Waals surface area contributed by atoms with Gasteiger partial charge in [0.2, 0.25) is 17.7 Å². The van der Waals surface area contributed by atoms with Gasteiger partial charge in [-0.1, -0.05) is 52.7 Å². The van der Waals surface area contributed by atoms with Crippen LogP contribution >= 0.6 is 11.3 Å². The van der Waals surface area contributed by atoms with Crippen molar-refractivity contribution in [1.29, 1.82) is 0 Å². The molecule has 3 rings (SSSR count). The zero-order valence-corrected chi connectivity index (χ0v) is 21.9. The predicted molar refractivity (Wildman–Crippen MR) is 141 cm³/mol. The molecule has 1 fully saturated rings. The molecule has 1 aliphatic carbocycles. The van der Waals surface area contributed by atoms with Crippen LogP contribution in [0.25, 0.3) is 10.2 Å². The number of hydrogen-bond acceptors (Lipinski definition) is 5. The highest BCUT2D eigenvalue weighted by Crippen LogP contribution is 2.28. The molecule has 35 heavy (non-hydrogen) atoms. The third-order valence-corrected chi connectivity index (χ3v) is 7.74. The Morgan fingerprint density at radius 2 is 1.91 bits per heavy atom. The van der Waals surface area contributed by atoms with Crippen LogP contribution in [-0.4, -0.2) is 41.3 Å². The number of nitrogens with one attached hydrogen (secondary N) is 3. The number of rotatable bonds is 11. The van der Waals surface area contributed by atoms with Gasteiger partial charge in [-0.05, 0) is 48.4 Å². The number of carbonyl (C=O) groups is 3. The normalized spacial score (nSPS) is 16.0. The smallest absolute Gasteiger partial charge is 0.243 e. The van der Waals surface area contributed by atoms with Crippen LogP contribution in [-0.2, 0) is 20.8 Å². The van der Waals surface area contributed by atoms with Crippen molar-refractivity contribution >= 4 is 39.3 Å². The summed E-state index contributed by atoms with van der Waals surface area (Å²) in [5, 5.41) is 9.68. The van der Waals surface area contributed by atoms with Gasteiger partial charge in [-0.3, -0.25) is 14.4 Å². The van der Waals surface area contributed by atoms with Crippen molar-refractivity contribution in [1.82, 2.24) is 20.9 Å². The summed E-state index contributed by atoms with van der Waals surface area (Å²) in [6, 6.07) is 5.34. The molecule has 7 nitrogen and oxygen atoms in total. The van der Waals surface area contributed by atoms with E-state index < -0.39 is 6.04 Å². The molecule has 8 heteroatoms. The third kappa shape index (κ3) is 7.62. The maximum absolute atomic E-state index is 13.4. The lowest BCUT2D eigenvalue weighted by molar-refractivity contribution is -0.129. The molecule has 2 unspecified atom stereocenters. The van der Waals surface area contributed by atoms with Crippen molar-refractivity contribution in [2.45, 2.75) is 83.7 Å². The lowest BCUT2D eigenvalue weighted by Gasteiger charge is -2.32. The van der Waals surface area contributed by atoms with Crippen LogP contribution in [0.15, 0.2) is 30.9 Å². The fourth-order valence-corrected chi connectivity index (χ4v) is 5.61. The van der Waals surface area contributed by atoms with Crippen LogP contribution in [0.4, 0.5) is 0 Å². The average Bonchev–Trinajstić information content (AvgIpc) is 3.27. The summed E-state index contributed by atoms with van der Waals surface area (Å²) in [4.78, 5) is 42.2. The van der Waals surface area contributed by atoms with E-state index in [0.29, 0.717) is 25.3 Å². The van der Waals surface area contributed by atoms with E-state index in [1.54, 1.807) is 18.3 Å². The standard InChI is InChI=1S/C27H38N4O3S/c1-5-24(32)28-16-22(18-10-8-7-9-11-18)31-27(34)21(29-25(33)6-2)15-26-30-20-13-12-19(17(3)4)14-23(20)35-26/h5,12-14,17-18,21-22H,1,6-11,15-16H2,2-4H3,(H,28,32)(H,29,33)(H,31,34). The SMILES string of the molecule is C=CC(=O)NCC(NC(=O)C(Cc1nc2ccc(C(C)C)cc2s1)NC(=O)CC)C1CCCCC1. The van der Waals surface area contributed by atoms with Gasteiger partial charge in [-0.25, -0.2) is 4.98 Å². The molecular formula is C27H38N4O3S. The molecular weight excluding hydrogens is 460 g/mol. The van der Waals surface area contributed by atoms with Gasteiger partial charge in [0.05, 0.1) is 15.2 Å². The Balaban J connectivity index is 1.78. The van der Waals surface area contributed by atoms with Gasteiger partial charge in [-0.2, -0.15) is 0 Å². The number of hydrogen-bond donors (Lipinski definition) is 3. The van der Waals surface area contributed by atoms with Crippen LogP contribution in [0.3, 0.4) is 0 Å². The molecule has 0 spiro atoms. The third-order valence-electron chi connectivity index (χ3n) is 6.70. The van der Waals surface area contributed by atoms with E-state index in [1.165, 1.54) is 18.1 Å². The second-order valence-corrected chi connectivity index (χ2v) is 10.7. The van der Waals surface area contributed by atoms with Crippen molar-refractivity contribution in [3.05, 3.63) is 41.4 Å². The van der Waals surface area contributed by atoms with E-state index in [0.717, 1.165) is 40.9 Å². The van der Waals surface area contributed by atoms with Gasteiger partial charge in [0, 0.05) is 25.4 Å². The van der Waals surface area contributed by atoms with Gasteiger partial charge in [0.25, 0.3) is 0 Å². The first-order valence-electron chi connectivity index (χ1n) is 12.7. The lowest BCUT2D eigenvalue weighted by atomic mass is 9.83. The van der Waals surface area contributed by atoms with Crippen molar-refractivity contribution in [2.24, 2.45) is 5.92 Å². The minimum atomic E-state index is -0.728. The summed E-state index contributed by atoms with van der Waals surface area (Å²) in [7, 11) is 0. The fourth-order valence-electron chi connectivity index (χ4n) is 4.55. The summed E-state index contributed by atoms with van der Waals surface area (Å²) in [5.74, 6) is 0.0360. The lowest BCUT2D eigenvalue weighted by Crippen LogP contribution is -2.55. The maximum Gasteiger partial charge on any atom is 0.243 e. The zero-order valence-electron chi connectivity index (χ0n) is 21.1. The minimum Gasteiger partial charge on any atom is -0.351 e. The molecule has 2 atom stereocenters. The van der Waals surface area contributed by atoms with E-state index in [2.05, 4.69) is 48.5 Å². The number of benzene rings is 1. The molecule has 1 heterocycles. The molecule has 1 saturated carbocycles. The summed E-state index contributed by atoms with van der Waals surface area (Å²) in [6.45, 7) is 9.93.